The van der Waals surface area contributed by atoms with E-state index in [9.17, 15) is 9.59 Å². The lowest BCUT2D eigenvalue weighted by atomic mass is 9.96. The van der Waals surface area contributed by atoms with Crippen molar-refractivity contribution in [1.29, 1.82) is 0 Å². The van der Waals surface area contributed by atoms with Crippen molar-refractivity contribution in [2.45, 2.75) is 84.5 Å². The maximum atomic E-state index is 12.0. The molecular formula is C21H39N3O4. The molecule has 0 aromatic heterocycles. The number of hydrogen-bond donors (Lipinski definition) is 2. The van der Waals surface area contributed by atoms with Gasteiger partial charge in [-0.2, -0.15) is 0 Å². The molecule has 0 aromatic rings. The molecule has 2 aliphatic rings. The summed E-state index contributed by atoms with van der Waals surface area (Å²) in [6.07, 6.45) is 4.32. The monoisotopic (exact) mass is 397 g/mol. The summed E-state index contributed by atoms with van der Waals surface area (Å²) in [5.74, 6) is 0.561. The van der Waals surface area contributed by atoms with Gasteiger partial charge >= 0.3 is 12.2 Å². The van der Waals surface area contributed by atoms with Crippen LogP contribution < -0.4 is 10.6 Å². The average molecular weight is 398 g/mol. The van der Waals surface area contributed by atoms with Crippen molar-refractivity contribution in [2.75, 3.05) is 26.2 Å². The van der Waals surface area contributed by atoms with E-state index in [0.29, 0.717) is 19.1 Å². The predicted molar refractivity (Wildman–Crippen MR) is 109 cm³/mol. The highest BCUT2D eigenvalue weighted by Gasteiger charge is 2.37. The summed E-state index contributed by atoms with van der Waals surface area (Å²) in [6.45, 7) is 14.2. The van der Waals surface area contributed by atoms with Crippen molar-refractivity contribution in [1.82, 2.24) is 15.5 Å². The van der Waals surface area contributed by atoms with Gasteiger partial charge in [0.1, 0.15) is 11.2 Å². The molecule has 1 aliphatic carbocycles. The highest BCUT2D eigenvalue weighted by molar-refractivity contribution is 5.68. The fourth-order valence-corrected chi connectivity index (χ4v) is 4.06. The first-order valence-electron chi connectivity index (χ1n) is 10.6. The van der Waals surface area contributed by atoms with E-state index in [0.717, 1.165) is 13.1 Å². The van der Waals surface area contributed by atoms with Crippen LogP contribution in [-0.4, -0.2) is 60.5 Å². The van der Waals surface area contributed by atoms with Crippen molar-refractivity contribution < 1.29 is 19.1 Å². The van der Waals surface area contributed by atoms with Crippen LogP contribution >= 0.6 is 0 Å². The fraction of sp³-hybridized carbons (Fsp3) is 0.905. The summed E-state index contributed by atoms with van der Waals surface area (Å²) in [5.41, 5.74) is -1.01. The highest BCUT2D eigenvalue weighted by atomic mass is 16.6. The minimum absolute atomic E-state index is 0.281. The zero-order chi connectivity index (χ0) is 20.9. The minimum Gasteiger partial charge on any atom is -0.444 e. The molecule has 7 heteroatoms. The molecule has 2 fully saturated rings. The summed E-state index contributed by atoms with van der Waals surface area (Å²) in [7, 11) is 0. The Labute approximate surface area is 169 Å². The molecule has 0 bridgehead atoms. The summed E-state index contributed by atoms with van der Waals surface area (Å²) in [6, 6.07) is 0.635. The number of nitrogens with zero attached hydrogens (tertiary/aromatic N) is 1. The lowest BCUT2D eigenvalue weighted by Gasteiger charge is -2.24. The molecule has 1 heterocycles. The van der Waals surface area contributed by atoms with E-state index < -0.39 is 11.2 Å². The Morgan fingerprint density at radius 3 is 1.57 bits per heavy atom. The van der Waals surface area contributed by atoms with Crippen LogP contribution in [0.2, 0.25) is 0 Å². The average Bonchev–Trinajstić information content (AvgIpc) is 3.17. The van der Waals surface area contributed by atoms with Crippen LogP contribution in [0, 0.1) is 11.8 Å². The Morgan fingerprint density at radius 2 is 1.21 bits per heavy atom. The number of rotatable bonds is 5. The third-order valence-corrected chi connectivity index (χ3v) is 5.26. The van der Waals surface area contributed by atoms with Crippen molar-refractivity contribution in [3.8, 4) is 0 Å². The zero-order valence-electron chi connectivity index (χ0n) is 18.5. The van der Waals surface area contributed by atoms with Gasteiger partial charge < -0.3 is 20.1 Å². The number of amides is 2. The summed E-state index contributed by atoms with van der Waals surface area (Å²) >= 11 is 0. The van der Waals surface area contributed by atoms with Crippen molar-refractivity contribution in [2.24, 2.45) is 11.8 Å². The Morgan fingerprint density at radius 1 is 0.821 bits per heavy atom. The van der Waals surface area contributed by atoms with Gasteiger partial charge in [0.05, 0.1) is 0 Å². The standard InChI is InChI=1S/C21H39N3O4/c1-20(2,3)27-18(25)22-11-15-13-24(17-9-7-8-10-17)14-16(15)12-23-19(26)28-21(4,5)6/h15-17H,7-14H2,1-6H3,(H,22,25)(H,23,26)/t15-,16+. The number of ether oxygens (including phenoxy) is 2. The van der Waals surface area contributed by atoms with Gasteiger partial charge in [0.25, 0.3) is 0 Å². The van der Waals surface area contributed by atoms with Gasteiger partial charge in [0.2, 0.25) is 0 Å². The normalized spacial score (nSPS) is 24.2. The molecule has 0 radical (unpaired) electrons. The molecule has 162 valence electrons. The summed E-state index contributed by atoms with van der Waals surface area (Å²) < 4.78 is 10.7. The van der Waals surface area contributed by atoms with E-state index in [-0.39, 0.29) is 24.0 Å². The van der Waals surface area contributed by atoms with Gasteiger partial charge in [-0.1, -0.05) is 12.8 Å². The van der Waals surface area contributed by atoms with Gasteiger partial charge in [-0.3, -0.25) is 4.90 Å². The Bertz CT molecular complexity index is 493. The van der Waals surface area contributed by atoms with Gasteiger partial charge in [-0.15, -0.1) is 0 Å². The molecule has 1 aliphatic heterocycles. The molecule has 28 heavy (non-hydrogen) atoms. The van der Waals surface area contributed by atoms with Crippen molar-refractivity contribution in [3.05, 3.63) is 0 Å². The lowest BCUT2D eigenvalue weighted by molar-refractivity contribution is 0.0491. The van der Waals surface area contributed by atoms with E-state index in [1.165, 1.54) is 25.7 Å². The fourth-order valence-electron chi connectivity index (χ4n) is 4.06. The quantitative estimate of drug-likeness (QED) is 0.742. The second kappa shape index (κ2) is 9.33. The predicted octanol–water partition coefficient (Wildman–Crippen LogP) is 3.53. The number of carbonyl (C=O) groups is 2. The first-order chi connectivity index (χ1) is 12.9. The first-order valence-corrected chi connectivity index (χ1v) is 10.6. The molecule has 2 amide bonds. The number of alkyl carbamates (subject to hydrolysis) is 2. The van der Waals surface area contributed by atoms with Crippen LogP contribution in [0.3, 0.4) is 0 Å². The second-order valence-corrected chi connectivity index (χ2v) is 10.2. The lowest BCUT2D eigenvalue weighted by Crippen LogP contribution is -2.40. The van der Waals surface area contributed by atoms with Crippen molar-refractivity contribution in [3.63, 3.8) is 0 Å². The van der Waals surface area contributed by atoms with Gasteiger partial charge in [-0.25, -0.2) is 9.59 Å². The van der Waals surface area contributed by atoms with Crippen LogP contribution in [0.4, 0.5) is 9.59 Å². The van der Waals surface area contributed by atoms with E-state index in [4.69, 9.17) is 9.47 Å². The first kappa shape index (κ1) is 22.8. The van der Waals surface area contributed by atoms with Crippen LogP contribution in [0.5, 0.6) is 0 Å². The van der Waals surface area contributed by atoms with Gasteiger partial charge in [0, 0.05) is 32.2 Å². The van der Waals surface area contributed by atoms with Crippen LogP contribution in [0.25, 0.3) is 0 Å². The number of carbonyl (C=O) groups excluding carboxylic acids is 2. The molecule has 1 saturated heterocycles. The summed E-state index contributed by atoms with van der Waals surface area (Å²) in [5, 5.41) is 5.83. The Balaban J connectivity index is 1.89. The molecule has 2 N–H and O–H groups in total. The molecular weight excluding hydrogens is 358 g/mol. The topological polar surface area (TPSA) is 79.9 Å². The smallest absolute Gasteiger partial charge is 0.407 e. The van der Waals surface area contributed by atoms with E-state index >= 15 is 0 Å². The number of likely N-dealkylation sites (tertiary alicyclic amines) is 1. The molecule has 2 atom stereocenters. The Kier molecular flexibility index (Phi) is 7.59. The molecule has 0 aromatic carbocycles. The van der Waals surface area contributed by atoms with Crippen LogP contribution in [-0.2, 0) is 9.47 Å². The maximum absolute atomic E-state index is 12.0. The third-order valence-electron chi connectivity index (χ3n) is 5.26. The van der Waals surface area contributed by atoms with Crippen LogP contribution in [0.15, 0.2) is 0 Å². The SMILES string of the molecule is CC(C)(C)OC(=O)NC[C@@H]1CN(C2CCCC2)C[C@@H]1CNC(=O)OC(C)(C)C. The van der Waals surface area contributed by atoms with Gasteiger partial charge in [-0.05, 0) is 66.2 Å². The minimum atomic E-state index is -0.507. The van der Waals surface area contributed by atoms with Gasteiger partial charge in [0.15, 0.2) is 0 Å². The maximum Gasteiger partial charge on any atom is 0.407 e. The van der Waals surface area contributed by atoms with E-state index in [1.54, 1.807) is 0 Å². The van der Waals surface area contributed by atoms with E-state index in [2.05, 4.69) is 15.5 Å². The van der Waals surface area contributed by atoms with Crippen LogP contribution in [0.1, 0.15) is 67.2 Å². The largest absolute Gasteiger partial charge is 0.444 e. The molecule has 0 unspecified atom stereocenters. The van der Waals surface area contributed by atoms with E-state index in [1.807, 2.05) is 41.5 Å². The molecule has 1 saturated carbocycles. The molecule has 7 nitrogen and oxygen atoms in total. The molecule has 2 rings (SSSR count). The number of nitrogens with one attached hydrogen (secondary N) is 2. The highest BCUT2D eigenvalue weighted by Crippen LogP contribution is 2.31. The summed E-state index contributed by atoms with van der Waals surface area (Å²) in [4.78, 5) is 26.6. The molecule has 0 spiro atoms. The third kappa shape index (κ3) is 7.86. The second-order valence-electron chi connectivity index (χ2n) is 10.2. The Hall–Kier alpha value is -1.50. The zero-order valence-corrected chi connectivity index (χ0v) is 18.5. The number of hydrogen-bond acceptors (Lipinski definition) is 5. The van der Waals surface area contributed by atoms with Crippen molar-refractivity contribution >= 4 is 12.2 Å².